The molecule has 0 unspecified atom stereocenters. The first-order valence-corrected chi connectivity index (χ1v) is 6.92. The lowest BCUT2D eigenvalue weighted by Crippen LogP contribution is -2.04. The molecule has 0 fully saturated rings. The topological polar surface area (TPSA) is 31.2 Å². The van der Waals surface area contributed by atoms with E-state index in [-0.39, 0.29) is 5.97 Å². The third kappa shape index (κ3) is 2.68. The molecule has 0 bridgehead atoms. The summed E-state index contributed by atoms with van der Waals surface area (Å²) in [4.78, 5) is 12.3. The van der Waals surface area contributed by atoms with Crippen LogP contribution in [0.3, 0.4) is 0 Å². The lowest BCUT2D eigenvalue weighted by atomic mass is 10.1. The molecule has 1 aromatic heterocycles. The second-order valence-corrected chi connectivity index (χ2v) is 5.23. The number of carbonyl (C=O) groups excluding carboxylic acids is 1. The number of carbonyl (C=O) groups is 1. The van der Waals surface area contributed by atoms with Crippen molar-refractivity contribution in [1.29, 1.82) is 0 Å². The summed E-state index contributed by atoms with van der Waals surface area (Å²) in [6.45, 7) is 2.33. The third-order valence-electron chi connectivity index (χ3n) is 3.61. The zero-order chi connectivity index (χ0) is 14.8. The van der Waals surface area contributed by atoms with Gasteiger partial charge in [-0.15, -0.1) is 0 Å². The van der Waals surface area contributed by atoms with Gasteiger partial charge in [0.15, 0.2) is 0 Å². The van der Waals surface area contributed by atoms with Crippen molar-refractivity contribution in [2.75, 3.05) is 0 Å². The smallest absolute Gasteiger partial charge is 0.340 e. The Balaban J connectivity index is 1.79. The van der Waals surface area contributed by atoms with Gasteiger partial charge in [0.25, 0.3) is 0 Å². The highest BCUT2D eigenvalue weighted by Crippen LogP contribution is 2.21. The summed E-state index contributed by atoms with van der Waals surface area (Å²) < 4.78 is 7.37. The first-order chi connectivity index (χ1) is 10.1. The van der Waals surface area contributed by atoms with Crippen LogP contribution in [-0.4, -0.2) is 10.5 Å². The summed E-state index contributed by atoms with van der Waals surface area (Å²) in [6, 6.07) is 15.8. The molecule has 3 nitrogen and oxygen atoms in total. The Morgan fingerprint density at radius 3 is 2.57 bits per heavy atom. The highest BCUT2D eigenvalue weighted by Gasteiger charge is 2.14. The predicted molar refractivity (Wildman–Crippen MR) is 83.2 cm³/mol. The molecule has 1 heterocycles. The van der Waals surface area contributed by atoms with Gasteiger partial charge in [-0.1, -0.05) is 48.0 Å². The van der Waals surface area contributed by atoms with Crippen molar-refractivity contribution in [3.05, 3.63) is 71.4 Å². The molecule has 21 heavy (non-hydrogen) atoms. The number of nitrogens with zero attached hydrogens (tertiary/aromatic N) is 1. The maximum atomic E-state index is 12.3. The van der Waals surface area contributed by atoms with Crippen LogP contribution in [0.15, 0.2) is 54.7 Å². The molecule has 0 amide bonds. The molecule has 106 valence electrons. The highest BCUT2D eigenvalue weighted by atomic mass is 16.5. The summed E-state index contributed by atoms with van der Waals surface area (Å²) in [7, 11) is 1.93. The molecule has 0 saturated carbocycles. The van der Waals surface area contributed by atoms with E-state index in [1.54, 1.807) is 0 Å². The number of rotatable bonds is 3. The second kappa shape index (κ2) is 5.44. The standard InChI is InChI=1S/C18H17NO2/c1-13-7-9-14(10-8-13)12-21-18(20)16-11-19(2)17-6-4-3-5-15(16)17/h3-11H,12H2,1-2H3. The summed E-state index contributed by atoms with van der Waals surface area (Å²) in [5.74, 6) is -0.285. The van der Waals surface area contributed by atoms with E-state index >= 15 is 0 Å². The Morgan fingerprint density at radius 1 is 1.10 bits per heavy atom. The molecule has 2 aromatic carbocycles. The Labute approximate surface area is 123 Å². The van der Waals surface area contributed by atoms with Crippen molar-refractivity contribution in [1.82, 2.24) is 4.57 Å². The summed E-state index contributed by atoms with van der Waals surface area (Å²) in [6.07, 6.45) is 1.82. The number of fused-ring (bicyclic) bond motifs is 1. The van der Waals surface area contributed by atoms with Crippen molar-refractivity contribution in [3.8, 4) is 0 Å². The van der Waals surface area contributed by atoms with Gasteiger partial charge in [0.2, 0.25) is 0 Å². The molecule has 0 saturated heterocycles. The van der Waals surface area contributed by atoms with E-state index in [0.717, 1.165) is 16.5 Å². The fourth-order valence-corrected chi connectivity index (χ4v) is 2.42. The minimum Gasteiger partial charge on any atom is -0.457 e. The molecule has 0 atom stereocenters. The van der Waals surface area contributed by atoms with E-state index in [1.165, 1.54) is 5.56 Å². The van der Waals surface area contributed by atoms with E-state index in [0.29, 0.717) is 12.2 Å². The SMILES string of the molecule is Cc1ccc(COC(=O)c2cn(C)c3ccccc23)cc1. The minimum atomic E-state index is -0.285. The maximum Gasteiger partial charge on any atom is 0.340 e. The van der Waals surface area contributed by atoms with Crippen LogP contribution < -0.4 is 0 Å². The second-order valence-electron chi connectivity index (χ2n) is 5.23. The van der Waals surface area contributed by atoms with Crippen LogP contribution in [-0.2, 0) is 18.4 Å². The fraction of sp³-hybridized carbons (Fsp3) is 0.167. The molecule has 3 heteroatoms. The van der Waals surface area contributed by atoms with Gasteiger partial charge in [0.05, 0.1) is 5.56 Å². The van der Waals surface area contributed by atoms with Gasteiger partial charge < -0.3 is 9.30 Å². The van der Waals surface area contributed by atoms with Gasteiger partial charge in [-0.05, 0) is 18.6 Å². The molecule has 0 aliphatic carbocycles. The zero-order valence-corrected chi connectivity index (χ0v) is 12.2. The van der Waals surface area contributed by atoms with Gasteiger partial charge >= 0.3 is 5.97 Å². The average molecular weight is 279 g/mol. The number of ether oxygens (including phenoxy) is 1. The number of hydrogen-bond donors (Lipinski definition) is 0. The van der Waals surface area contributed by atoms with Gasteiger partial charge in [-0.2, -0.15) is 0 Å². The van der Waals surface area contributed by atoms with E-state index in [4.69, 9.17) is 4.74 Å². The third-order valence-corrected chi connectivity index (χ3v) is 3.61. The molecule has 0 radical (unpaired) electrons. The Kier molecular flexibility index (Phi) is 3.48. The van der Waals surface area contributed by atoms with Gasteiger partial charge in [0.1, 0.15) is 6.61 Å². The molecule has 0 aliphatic heterocycles. The number of esters is 1. The van der Waals surface area contributed by atoms with Gasteiger partial charge in [-0.3, -0.25) is 0 Å². The maximum absolute atomic E-state index is 12.3. The van der Waals surface area contributed by atoms with E-state index in [2.05, 4.69) is 0 Å². The fourth-order valence-electron chi connectivity index (χ4n) is 2.42. The Bertz CT molecular complexity index is 785. The number of benzene rings is 2. The van der Waals surface area contributed by atoms with Crippen molar-refractivity contribution in [2.24, 2.45) is 7.05 Å². The highest BCUT2D eigenvalue weighted by molar-refractivity contribution is 6.04. The van der Waals surface area contributed by atoms with Crippen molar-refractivity contribution < 1.29 is 9.53 Å². The normalized spacial score (nSPS) is 10.8. The molecule has 0 N–H and O–H groups in total. The molecule has 3 rings (SSSR count). The molecule has 0 aliphatic rings. The Morgan fingerprint density at radius 2 is 1.81 bits per heavy atom. The number of aromatic nitrogens is 1. The first kappa shape index (κ1) is 13.4. The predicted octanol–water partition coefficient (Wildman–Crippen LogP) is 3.84. The molecule has 3 aromatic rings. The van der Waals surface area contributed by atoms with Crippen LogP contribution in [0.25, 0.3) is 10.9 Å². The summed E-state index contributed by atoms with van der Waals surface area (Å²) >= 11 is 0. The number of para-hydroxylation sites is 1. The van der Waals surface area contributed by atoms with Crippen LogP contribution in [0, 0.1) is 6.92 Å². The number of hydrogen-bond acceptors (Lipinski definition) is 2. The van der Waals surface area contributed by atoms with E-state index in [9.17, 15) is 4.79 Å². The zero-order valence-electron chi connectivity index (χ0n) is 12.2. The van der Waals surface area contributed by atoms with Crippen molar-refractivity contribution >= 4 is 16.9 Å². The number of aryl methyl sites for hydroxylation is 2. The lowest BCUT2D eigenvalue weighted by Gasteiger charge is -2.04. The van der Waals surface area contributed by atoms with Crippen molar-refractivity contribution in [3.63, 3.8) is 0 Å². The van der Waals surface area contributed by atoms with Gasteiger partial charge in [0, 0.05) is 24.1 Å². The molecular weight excluding hydrogens is 262 g/mol. The largest absolute Gasteiger partial charge is 0.457 e. The van der Waals surface area contributed by atoms with Crippen LogP contribution in [0.4, 0.5) is 0 Å². The van der Waals surface area contributed by atoms with Crippen LogP contribution >= 0.6 is 0 Å². The van der Waals surface area contributed by atoms with Crippen molar-refractivity contribution in [2.45, 2.75) is 13.5 Å². The lowest BCUT2D eigenvalue weighted by molar-refractivity contribution is 0.0475. The summed E-state index contributed by atoms with van der Waals surface area (Å²) in [5.41, 5.74) is 3.83. The first-order valence-electron chi connectivity index (χ1n) is 6.92. The molecule has 0 spiro atoms. The minimum absolute atomic E-state index is 0.285. The quantitative estimate of drug-likeness (QED) is 0.682. The monoisotopic (exact) mass is 279 g/mol. The van der Waals surface area contributed by atoms with Gasteiger partial charge in [-0.25, -0.2) is 4.79 Å². The van der Waals surface area contributed by atoms with E-state index < -0.39 is 0 Å². The Hall–Kier alpha value is -2.55. The van der Waals surface area contributed by atoms with Crippen LogP contribution in [0.1, 0.15) is 21.5 Å². The van der Waals surface area contributed by atoms with Crippen LogP contribution in [0.5, 0.6) is 0 Å². The average Bonchev–Trinajstić information content (AvgIpc) is 2.84. The van der Waals surface area contributed by atoms with Crippen LogP contribution in [0.2, 0.25) is 0 Å². The van der Waals surface area contributed by atoms with E-state index in [1.807, 2.05) is 73.3 Å². The molecular formula is C18H17NO2. The summed E-state index contributed by atoms with van der Waals surface area (Å²) in [5, 5.41) is 0.925.